The van der Waals surface area contributed by atoms with Gasteiger partial charge in [0.15, 0.2) is 47.7 Å². The number of primary amides is 1. The molecule has 11 atom stereocenters. The minimum absolute atomic E-state index is 0.0165. The number of fused-ring (bicyclic) bond motifs is 1. The number of amides is 1. The van der Waals surface area contributed by atoms with Crippen LogP contribution >= 0.6 is 16.3 Å². The van der Waals surface area contributed by atoms with Gasteiger partial charge in [-0.05, 0) is 19.1 Å². The molecule has 59 heavy (non-hydrogen) atoms. The third-order valence-electron chi connectivity index (χ3n) is 9.19. The molecule has 2 fully saturated rings. The number of carbonyl (C=O) groups excluding carboxylic acids is 1. The second kappa shape index (κ2) is 17.6. The van der Waals surface area contributed by atoms with Crippen LogP contribution < -0.4 is 35.3 Å². The molecule has 28 heteroatoms. The number of aliphatic hydroxyl groups is 4. The molecule has 3 unspecified atom stereocenters. The molecule has 4 aromatic rings. The van der Waals surface area contributed by atoms with Gasteiger partial charge in [0.25, 0.3) is 17.8 Å². The van der Waals surface area contributed by atoms with Crippen molar-refractivity contribution in [3.63, 3.8) is 0 Å². The average Bonchev–Trinajstić information content (AvgIpc) is 3.85. The van der Waals surface area contributed by atoms with Gasteiger partial charge < -0.3 is 60.6 Å². The molecular formula is C31H39N8O18P2+. The van der Waals surface area contributed by atoms with Gasteiger partial charge in [-0.2, -0.15) is 23.0 Å². The Hall–Kier alpha value is -4.47. The molecule has 5 heterocycles. The van der Waals surface area contributed by atoms with E-state index in [0.717, 1.165) is 25.4 Å². The number of anilines is 1. The van der Waals surface area contributed by atoms with E-state index in [0.29, 0.717) is 0 Å². The molecule has 320 valence electrons. The van der Waals surface area contributed by atoms with Crippen molar-refractivity contribution in [1.82, 2.24) is 19.5 Å². The minimum Gasteiger partial charge on any atom is -0.603 e. The highest BCUT2D eigenvalue weighted by Gasteiger charge is 2.55. The number of aliphatic hydroxyl groups excluding tert-OH is 4. The van der Waals surface area contributed by atoms with E-state index in [-0.39, 0.29) is 39.6 Å². The van der Waals surface area contributed by atoms with Crippen LogP contribution in [0.25, 0.3) is 11.2 Å². The molecule has 26 nitrogen and oxygen atoms in total. The van der Waals surface area contributed by atoms with Gasteiger partial charge in [-0.25, -0.2) is 15.0 Å². The highest BCUT2D eigenvalue weighted by Crippen LogP contribution is 2.70. The number of phosphoric acid groups is 2. The maximum Gasteiger partial charge on any atom is 0.437 e. The quantitative estimate of drug-likeness (QED) is 0.0251. The molecule has 9 N–H and O–H groups in total. The number of phosphoric ester groups is 2. The van der Waals surface area contributed by atoms with E-state index in [9.17, 15) is 50.0 Å². The van der Waals surface area contributed by atoms with Crippen molar-refractivity contribution >= 4 is 44.9 Å². The molecule has 0 aliphatic carbocycles. The van der Waals surface area contributed by atoms with Crippen LogP contribution in [0.15, 0.2) is 49.3 Å². The van der Waals surface area contributed by atoms with Crippen LogP contribution in [0.1, 0.15) is 41.4 Å². The first-order chi connectivity index (χ1) is 27.9. The predicted molar refractivity (Wildman–Crippen MR) is 191 cm³/mol. The van der Waals surface area contributed by atoms with Gasteiger partial charge in [-0.15, -0.1) is 0 Å². The fraction of sp³-hybridized carbons (Fsp3) is 0.452. The van der Waals surface area contributed by atoms with Crippen molar-refractivity contribution in [2.75, 3.05) is 33.2 Å². The molecule has 1 amide bonds. The summed E-state index contributed by atoms with van der Waals surface area (Å²) in [5.74, 6) is -0.865. The summed E-state index contributed by atoms with van der Waals surface area (Å²) >= 11 is 0. The maximum absolute atomic E-state index is 14.3. The number of nitro groups is 1. The van der Waals surface area contributed by atoms with E-state index in [2.05, 4.69) is 15.0 Å². The van der Waals surface area contributed by atoms with Crippen molar-refractivity contribution < 1.29 is 86.2 Å². The minimum atomic E-state index is -5.63. The van der Waals surface area contributed by atoms with Gasteiger partial charge in [-0.3, -0.25) is 19.5 Å². The molecule has 0 spiro atoms. The zero-order valence-electron chi connectivity index (χ0n) is 31.0. The largest absolute Gasteiger partial charge is 0.603 e. The Bertz CT molecular complexity index is 2170. The van der Waals surface area contributed by atoms with Gasteiger partial charge in [0.2, 0.25) is 0 Å². The number of rotatable bonds is 17. The lowest BCUT2D eigenvalue weighted by Crippen LogP contribution is -2.46. The summed E-state index contributed by atoms with van der Waals surface area (Å²) in [4.78, 5) is 73.5. The van der Waals surface area contributed by atoms with Crippen molar-refractivity contribution in [3.8, 4) is 11.5 Å². The second-order valence-corrected chi connectivity index (χ2v) is 16.2. The number of hydrogen-bond acceptors (Lipinski definition) is 22. The molecule has 2 saturated heterocycles. The van der Waals surface area contributed by atoms with Crippen molar-refractivity contribution in [1.29, 1.82) is 0 Å². The summed E-state index contributed by atoms with van der Waals surface area (Å²) in [6, 6.07) is 4.90. The van der Waals surface area contributed by atoms with Gasteiger partial charge in [-0.1, -0.05) is 0 Å². The zero-order chi connectivity index (χ0) is 43.0. The van der Waals surface area contributed by atoms with Gasteiger partial charge in [0.05, 0.1) is 37.1 Å². The lowest BCUT2D eigenvalue weighted by molar-refractivity contribution is -0.765. The average molecular weight is 874 g/mol. The van der Waals surface area contributed by atoms with E-state index in [4.69, 9.17) is 48.3 Å². The summed E-state index contributed by atoms with van der Waals surface area (Å²) in [5, 5.41) is 55.2. The molecule has 1 aromatic carbocycles. The Balaban J connectivity index is 1.22. The van der Waals surface area contributed by atoms with Crippen LogP contribution in [-0.4, -0.2) is 120 Å². The number of hydrogen-bond donors (Lipinski definition) is 7. The number of nitrogens with zero attached hydrogens (tertiary/aromatic N) is 6. The number of aromatic nitrogens is 5. The number of nitro benzene ring substituents is 1. The van der Waals surface area contributed by atoms with Crippen LogP contribution in [0.4, 0.5) is 11.5 Å². The Morgan fingerprint density at radius 3 is 2.36 bits per heavy atom. The lowest BCUT2D eigenvalue weighted by Gasteiger charge is -2.30. The first-order valence-corrected chi connectivity index (χ1v) is 20.1. The van der Waals surface area contributed by atoms with E-state index in [1.54, 1.807) is 0 Å². The molecule has 0 radical (unpaired) electrons. The van der Waals surface area contributed by atoms with E-state index >= 15 is 0 Å². The molecular weight excluding hydrogens is 834 g/mol. The molecule has 0 bridgehead atoms. The highest BCUT2D eigenvalue weighted by atomic mass is 31.3. The van der Waals surface area contributed by atoms with Crippen LogP contribution in [-0.2, 0) is 27.4 Å². The lowest BCUT2D eigenvalue weighted by atomic mass is 10.1. The number of benzene rings is 1. The van der Waals surface area contributed by atoms with Crippen LogP contribution in [0.5, 0.6) is 11.5 Å². The monoisotopic (exact) mass is 873 g/mol. The van der Waals surface area contributed by atoms with Crippen molar-refractivity contribution in [3.05, 3.63) is 70.6 Å². The van der Waals surface area contributed by atoms with Crippen LogP contribution in [0, 0.1) is 10.1 Å². The topological polar surface area (TPSA) is 381 Å². The standard InChI is InChI=1S/C31H38N8O18P2/c1-14(16-7-18(50-2)19(51-3)8-17(16)39(45)46)56-59(49,53-11-21-23(40)25(42)30(54-21)37-6-4-5-15(9-37)28(33)44)57-58(47,48)52-10-20-24(41)26(43)31(55-20)38-13-36-22-27(32)34-12-35-29(22)38/h4-9,12-14,20-21,23-26,30-31,40-43H,10-11H2,1-3H3,(H4-,32,33,34,35,44,47,48)/p+1/t14?,20-,21-,23-,24-,25-,26-,30-,31-,59?/m1/s1. The summed E-state index contributed by atoms with van der Waals surface area (Å²) in [6.07, 6.45) is -9.36. The van der Waals surface area contributed by atoms with Gasteiger partial charge in [0.1, 0.15) is 67.2 Å². The van der Waals surface area contributed by atoms with Crippen molar-refractivity contribution in [2.24, 2.45) is 5.73 Å². The third kappa shape index (κ3) is 9.31. The summed E-state index contributed by atoms with van der Waals surface area (Å²) in [7, 11) is -8.67. The number of pyridine rings is 1. The molecule has 2 aliphatic rings. The summed E-state index contributed by atoms with van der Waals surface area (Å²) in [5.41, 5.74) is 10.6. The van der Waals surface area contributed by atoms with Gasteiger partial charge >= 0.3 is 16.3 Å². The van der Waals surface area contributed by atoms with Crippen LogP contribution in [0.2, 0.25) is 0 Å². The first kappa shape index (κ1) is 44.1. The molecule has 6 rings (SSSR count). The number of methoxy groups -OCH3 is 2. The summed E-state index contributed by atoms with van der Waals surface area (Å²) in [6.45, 7) is -0.806. The SMILES string of the molecule is COc1cc(C(C)O[P+]([O-])(OC[C@H]2O[C@@H]([n+]3cccc(C(N)=O)c3)[C@H](O)[C@@H]2O)O[P+]([O-])(O)OC[C@H]2O[C@@H](n3cnc4c(N)ncnc43)[C@H](O)[C@@H]2O)c([N+](=O)[O-])cc1OC. The fourth-order valence-electron chi connectivity index (χ4n) is 6.24. The van der Waals surface area contributed by atoms with Crippen molar-refractivity contribution in [2.45, 2.75) is 62.1 Å². The molecule has 2 aliphatic heterocycles. The molecule has 3 aromatic heterocycles. The van der Waals surface area contributed by atoms with E-state index in [1.165, 1.54) is 54.2 Å². The molecule has 0 saturated carbocycles. The highest BCUT2D eigenvalue weighted by molar-refractivity contribution is 7.67. The Kier molecular flexibility index (Phi) is 13.2. The first-order valence-electron chi connectivity index (χ1n) is 17.2. The predicted octanol–water partition coefficient (Wildman–Crippen LogP) is -2.45. The number of carbonyl (C=O) groups is 1. The smallest absolute Gasteiger partial charge is 0.437 e. The Morgan fingerprint density at radius 2 is 1.68 bits per heavy atom. The zero-order valence-corrected chi connectivity index (χ0v) is 32.8. The van der Waals surface area contributed by atoms with E-state index < -0.39 is 101 Å². The number of nitrogens with two attached hydrogens (primary N) is 2. The normalized spacial score (nSPS) is 26.9. The number of imidazole rings is 1. The Morgan fingerprint density at radius 1 is 1.02 bits per heavy atom. The number of ether oxygens (including phenoxy) is 4. The van der Waals surface area contributed by atoms with Crippen LogP contribution in [0.3, 0.4) is 0 Å². The van der Waals surface area contributed by atoms with Gasteiger partial charge in [0, 0.05) is 10.4 Å². The second-order valence-electron chi connectivity index (χ2n) is 12.9. The Labute approximate surface area is 333 Å². The summed E-state index contributed by atoms with van der Waals surface area (Å²) < 4.78 is 45.1. The van der Waals surface area contributed by atoms with E-state index in [1.807, 2.05) is 0 Å². The number of nitrogen functional groups attached to an aromatic ring is 1. The fourth-order valence-corrected chi connectivity index (χ4v) is 9.01. The third-order valence-corrected chi connectivity index (χ3v) is 12.3. The maximum atomic E-state index is 14.3.